The minimum Gasteiger partial charge on any atom is -0.497 e. The summed E-state index contributed by atoms with van der Waals surface area (Å²) < 4.78 is 16.5. The van der Waals surface area contributed by atoms with Crippen LogP contribution in [0.1, 0.15) is 78.2 Å². The van der Waals surface area contributed by atoms with E-state index in [0.717, 1.165) is 32.2 Å². The highest BCUT2D eigenvalue weighted by atomic mass is 32.2. The Balaban J connectivity index is 0. The van der Waals surface area contributed by atoms with Gasteiger partial charge in [0.15, 0.2) is 0 Å². The number of anilines is 1. The molecule has 1 atom stereocenters. The number of nitrogens with one attached hydrogen (secondary N) is 3. The summed E-state index contributed by atoms with van der Waals surface area (Å²) in [5.41, 5.74) is 3.78. The van der Waals surface area contributed by atoms with E-state index in [1.807, 2.05) is 6.08 Å². The summed E-state index contributed by atoms with van der Waals surface area (Å²) in [6, 6.07) is 8.94. The van der Waals surface area contributed by atoms with Gasteiger partial charge in [0.2, 0.25) is 0 Å². The standard InChI is InChI=1S/C20H33N3OS.C9H19N.C7H10O.C2H4O/c1-5-18(11-9-15-24-4)16-22-25-21-14-13-19(6-2)23-20-12-8-7-10-17(20)3;1-2-3-7-10-8-5-4-6-9-10;1-4-5-6-7(2)8-3;1-2-3/h5,7-12,19,21-23H,6,13-16H2,1-4H3;2-9H2,1H3;4-6H,1-2H2,3H3;2H,1H3/b11-9-,18-5+;;6-5-;. The van der Waals surface area contributed by atoms with Crippen molar-refractivity contribution in [3.63, 3.8) is 0 Å². The van der Waals surface area contributed by atoms with Crippen LogP contribution in [0, 0.1) is 6.92 Å². The van der Waals surface area contributed by atoms with Crippen LogP contribution in [0.15, 0.2) is 85.2 Å². The van der Waals surface area contributed by atoms with Crippen LogP contribution in [0.25, 0.3) is 0 Å². The fourth-order valence-electron chi connectivity index (χ4n) is 4.15. The number of hydrogen-bond acceptors (Lipinski definition) is 8. The van der Waals surface area contributed by atoms with Gasteiger partial charge in [-0.1, -0.05) is 88.4 Å². The number of rotatable bonds is 19. The van der Waals surface area contributed by atoms with Crippen molar-refractivity contribution in [3.8, 4) is 0 Å². The van der Waals surface area contributed by atoms with Crippen LogP contribution in [0.3, 0.4) is 0 Å². The molecular formula is C38H66N4O3S. The molecule has 0 aromatic heterocycles. The largest absolute Gasteiger partial charge is 0.497 e. The molecule has 1 aliphatic heterocycles. The summed E-state index contributed by atoms with van der Waals surface area (Å²) in [6.07, 6.45) is 21.4. The van der Waals surface area contributed by atoms with Gasteiger partial charge in [0.1, 0.15) is 12.0 Å². The van der Waals surface area contributed by atoms with Crippen molar-refractivity contribution in [2.24, 2.45) is 0 Å². The summed E-state index contributed by atoms with van der Waals surface area (Å²) >= 11 is 1.56. The van der Waals surface area contributed by atoms with E-state index in [2.05, 4.69) is 96.9 Å². The molecule has 0 amide bonds. The number of allylic oxidation sites excluding steroid dienone is 4. The zero-order valence-corrected chi connectivity index (χ0v) is 30.9. The Labute approximate surface area is 287 Å². The summed E-state index contributed by atoms with van der Waals surface area (Å²) in [5, 5.41) is 3.64. The first-order chi connectivity index (χ1) is 22.4. The maximum Gasteiger partial charge on any atom is 0.116 e. The molecule has 7 nitrogen and oxygen atoms in total. The lowest BCUT2D eigenvalue weighted by atomic mass is 10.1. The van der Waals surface area contributed by atoms with E-state index in [9.17, 15) is 0 Å². The number of benzene rings is 1. The molecule has 1 aromatic carbocycles. The van der Waals surface area contributed by atoms with Crippen molar-refractivity contribution in [3.05, 3.63) is 90.8 Å². The van der Waals surface area contributed by atoms with Crippen molar-refractivity contribution >= 4 is 24.1 Å². The lowest BCUT2D eigenvalue weighted by molar-refractivity contribution is -0.106. The highest BCUT2D eigenvalue weighted by Gasteiger charge is 2.08. The average molecular weight is 659 g/mol. The molecule has 262 valence electrons. The van der Waals surface area contributed by atoms with Gasteiger partial charge in [0.05, 0.1) is 13.7 Å². The molecule has 0 spiro atoms. The van der Waals surface area contributed by atoms with E-state index in [-0.39, 0.29) is 0 Å². The number of para-hydroxylation sites is 1. The van der Waals surface area contributed by atoms with Crippen molar-refractivity contribution in [1.29, 1.82) is 0 Å². The van der Waals surface area contributed by atoms with Gasteiger partial charge in [0.25, 0.3) is 0 Å². The van der Waals surface area contributed by atoms with E-state index in [4.69, 9.17) is 14.3 Å². The third-order valence-electron chi connectivity index (χ3n) is 6.94. The molecule has 8 heteroatoms. The molecule has 3 N–H and O–H groups in total. The van der Waals surface area contributed by atoms with Crippen LogP contribution in [-0.2, 0) is 14.3 Å². The van der Waals surface area contributed by atoms with Crippen molar-refractivity contribution < 1.29 is 14.3 Å². The molecule has 0 aliphatic carbocycles. The maximum absolute atomic E-state index is 8.81. The second kappa shape index (κ2) is 35.2. The normalized spacial score (nSPS) is 13.8. The fourth-order valence-corrected chi connectivity index (χ4v) is 4.71. The lowest BCUT2D eigenvalue weighted by Gasteiger charge is -2.25. The number of hydrogen-bond donors (Lipinski definition) is 3. The predicted molar refractivity (Wildman–Crippen MR) is 204 cm³/mol. The minimum absolute atomic E-state index is 0.484. The molecule has 1 saturated heterocycles. The number of nitrogens with zero attached hydrogens (tertiary/aromatic N) is 1. The van der Waals surface area contributed by atoms with Gasteiger partial charge in [0, 0.05) is 44.1 Å². The van der Waals surface area contributed by atoms with Gasteiger partial charge in [-0.2, -0.15) is 0 Å². The predicted octanol–water partition coefficient (Wildman–Crippen LogP) is 8.83. The topological polar surface area (TPSA) is 74.9 Å². The Morgan fingerprint density at radius 1 is 1.09 bits per heavy atom. The lowest BCUT2D eigenvalue weighted by Crippen LogP contribution is -2.30. The van der Waals surface area contributed by atoms with E-state index in [0.29, 0.717) is 18.4 Å². The number of methoxy groups -OCH3 is 2. The number of carbonyl (C=O) groups excluding carboxylic acids is 1. The minimum atomic E-state index is 0.484. The molecule has 1 fully saturated rings. The molecule has 1 aromatic rings. The maximum atomic E-state index is 8.81. The highest BCUT2D eigenvalue weighted by Crippen LogP contribution is 2.16. The number of carbonyl (C=O) groups is 1. The van der Waals surface area contributed by atoms with Crippen LogP contribution in [0.4, 0.5) is 5.69 Å². The highest BCUT2D eigenvalue weighted by molar-refractivity contribution is 7.95. The van der Waals surface area contributed by atoms with Crippen LogP contribution in [-0.4, -0.2) is 70.8 Å². The van der Waals surface area contributed by atoms with E-state index in [1.54, 1.807) is 44.6 Å². The van der Waals surface area contributed by atoms with Crippen molar-refractivity contribution in [1.82, 2.24) is 14.3 Å². The summed E-state index contributed by atoms with van der Waals surface area (Å²) in [4.78, 5) is 11.4. The second-order valence-corrected chi connectivity index (χ2v) is 11.4. The second-order valence-electron chi connectivity index (χ2n) is 10.6. The Morgan fingerprint density at radius 2 is 1.78 bits per heavy atom. The van der Waals surface area contributed by atoms with Crippen LogP contribution in [0.2, 0.25) is 0 Å². The van der Waals surface area contributed by atoms with Gasteiger partial charge >= 0.3 is 0 Å². The number of aryl methyl sites for hydroxylation is 1. The van der Waals surface area contributed by atoms with Gasteiger partial charge in [-0.05, 0) is 95.8 Å². The van der Waals surface area contributed by atoms with E-state index >= 15 is 0 Å². The number of ether oxygens (including phenoxy) is 2. The molecule has 0 radical (unpaired) electrons. The number of piperidine rings is 1. The molecule has 1 unspecified atom stereocenters. The van der Waals surface area contributed by atoms with E-state index in [1.165, 1.54) is 75.5 Å². The monoisotopic (exact) mass is 658 g/mol. The third-order valence-corrected chi connectivity index (χ3v) is 7.57. The number of aldehydes is 1. The Kier molecular flexibility index (Phi) is 34.9. The van der Waals surface area contributed by atoms with Crippen molar-refractivity contribution in [2.45, 2.75) is 85.6 Å². The summed E-state index contributed by atoms with van der Waals surface area (Å²) in [7, 11) is 3.28. The first-order valence-electron chi connectivity index (χ1n) is 16.8. The quantitative estimate of drug-likeness (QED) is 0.0448. The molecule has 2 rings (SSSR count). The SMILES string of the molecule is C/C=C(\C=C/COC)CNSNCCC(CC)Nc1ccccc1C.C=C/C=C\C(=C)OC.CC=O.CCCCN1CCCCC1. The smallest absolute Gasteiger partial charge is 0.116 e. The van der Waals surface area contributed by atoms with Crippen LogP contribution < -0.4 is 14.8 Å². The Bertz CT molecular complexity index is 959. The average Bonchev–Trinajstić information content (AvgIpc) is 3.08. The summed E-state index contributed by atoms with van der Waals surface area (Å²) in [5.74, 6) is 0.643. The Hall–Kier alpha value is -2.62. The first kappa shape index (κ1) is 45.5. The van der Waals surface area contributed by atoms with Crippen LogP contribution >= 0.6 is 12.1 Å². The van der Waals surface area contributed by atoms with Gasteiger partial charge in [-0.3, -0.25) is 4.72 Å². The zero-order valence-electron chi connectivity index (χ0n) is 30.1. The first-order valence-corrected chi connectivity index (χ1v) is 17.6. The third kappa shape index (κ3) is 28.8. The molecule has 46 heavy (non-hydrogen) atoms. The molecule has 1 aliphatic rings. The van der Waals surface area contributed by atoms with Crippen LogP contribution in [0.5, 0.6) is 0 Å². The number of unbranched alkanes of at least 4 members (excludes halogenated alkanes) is 1. The summed E-state index contributed by atoms with van der Waals surface area (Å²) in [6.45, 7) is 23.7. The number of likely N-dealkylation sites (tertiary alicyclic amines) is 1. The zero-order chi connectivity index (χ0) is 34.7. The molecular weight excluding hydrogens is 593 g/mol. The molecule has 0 saturated carbocycles. The van der Waals surface area contributed by atoms with Crippen molar-refractivity contribution in [2.75, 3.05) is 58.9 Å². The molecule has 1 heterocycles. The van der Waals surface area contributed by atoms with Gasteiger partial charge in [-0.15, -0.1) is 0 Å². The Morgan fingerprint density at radius 3 is 2.35 bits per heavy atom. The van der Waals surface area contributed by atoms with Gasteiger partial charge in [-0.25, -0.2) is 4.72 Å². The van der Waals surface area contributed by atoms with Gasteiger partial charge < -0.3 is 24.5 Å². The fraction of sp³-hybridized carbons (Fsp3) is 0.553. The molecule has 0 bridgehead atoms. The van der Waals surface area contributed by atoms with E-state index < -0.39 is 0 Å².